The highest BCUT2D eigenvalue weighted by molar-refractivity contribution is 7.19. The number of benzene rings is 1. The van der Waals surface area contributed by atoms with Crippen molar-refractivity contribution in [1.29, 1.82) is 0 Å². The van der Waals surface area contributed by atoms with Crippen LogP contribution in [0.4, 0.5) is 16.3 Å². The molecule has 180 valence electrons. The van der Waals surface area contributed by atoms with Gasteiger partial charge in [-0.2, -0.15) is 0 Å². The summed E-state index contributed by atoms with van der Waals surface area (Å²) >= 11 is 1.88. The van der Waals surface area contributed by atoms with E-state index in [1.807, 2.05) is 28.4 Å². The minimum absolute atomic E-state index is 0.0238. The van der Waals surface area contributed by atoms with Crippen LogP contribution < -0.4 is 10.2 Å². The molecule has 1 aliphatic carbocycles. The van der Waals surface area contributed by atoms with Gasteiger partial charge < -0.3 is 15.1 Å². The summed E-state index contributed by atoms with van der Waals surface area (Å²) in [6.07, 6.45) is 5.46. The van der Waals surface area contributed by atoms with Crippen molar-refractivity contribution < 1.29 is 4.79 Å². The van der Waals surface area contributed by atoms with Gasteiger partial charge in [-0.3, -0.25) is 0 Å². The molecule has 1 aromatic carbocycles. The molecule has 5 rings (SSSR count). The normalized spacial score (nSPS) is 18.3. The van der Waals surface area contributed by atoms with Gasteiger partial charge in [0.25, 0.3) is 0 Å². The molecule has 0 saturated carbocycles. The van der Waals surface area contributed by atoms with Crippen LogP contribution in [0, 0.1) is 19.8 Å². The number of aromatic nitrogens is 2. The minimum atomic E-state index is -0.0238. The molecular weight excluding hydrogens is 442 g/mol. The zero-order chi connectivity index (χ0) is 23.8. The summed E-state index contributed by atoms with van der Waals surface area (Å²) in [6.45, 7) is 11.7. The molecule has 0 spiro atoms. The van der Waals surface area contributed by atoms with E-state index in [2.05, 4.69) is 44.0 Å². The van der Waals surface area contributed by atoms with E-state index < -0.39 is 0 Å². The van der Waals surface area contributed by atoms with Gasteiger partial charge in [-0.15, -0.1) is 11.3 Å². The third-order valence-electron chi connectivity index (χ3n) is 7.28. The highest BCUT2D eigenvalue weighted by Crippen LogP contribution is 2.41. The van der Waals surface area contributed by atoms with Gasteiger partial charge in [0.1, 0.15) is 16.5 Å². The molecule has 3 heterocycles. The second-order valence-electron chi connectivity index (χ2n) is 9.95. The average Bonchev–Trinajstić information content (AvgIpc) is 3.18. The Balaban J connectivity index is 1.35. The summed E-state index contributed by atoms with van der Waals surface area (Å²) in [5, 5.41) is 4.35. The molecule has 34 heavy (non-hydrogen) atoms. The number of amides is 2. The molecule has 1 saturated heterocycles. The highest BCUT2D eigenvalue weighted by Gasteiger charge is 2.28. The predicted molar refractivity (Wildman–Crippen MR) is 141 cm³/mol. The molecule has 1 N–H and O–H groups in total. The fourth-order valence-electron chi connectivity index (χ4n) is 5.07. The summed E-state index contributed by atoms with van der Waals surface area (Å²) in [5.41, 5.74) is 4.75. The Bertz CT molecular complexity index is 1210. The summed E-state index contributed by atoms with van der Waals surface area (Å²) in [4.78, 5) is 29.9. The van der Waals surface area contributed by atoms with Crippen molar-refractivity contribution in [2.24, 2.45) is 5.92 Å². The molecular formula is C27H35N5OS. The maximum atomic E-state index is 12.9. The maximum Gasteiger partial charge on any atom is 0.321 e. The van der Waals surface area contributed by atoms with E-state index in [1.54, 1.807) is 0 Å². The monoisotopic (exact) mass is 477 g/mol. The van der Waals surface area contributed by atoms with Crippen molar-refractivity contribution >= 4 is 39.1 Å². The van der Waals surface area contributed by atoms with E-state index in [9.17, 15) is 4.79 Å². The van der Waals surface area contributed by atoms with Crippen LogP contribution in [0.15, 0.2) is 18.2 Å². The van der Waals surface area contributed by atoms with E-state index in [4.69, 9.17) is 9.97 Å². The second kappa shape index (κ2) is 9.53. The first-order valence-corrected chi connectivity index (χ1v) is 13.4. The van der Waals surface area contributed by atoms with Gasteiger partial charge in [0.05, 0.1) is 5.39 Å². The number of nitrogens with zero attached hydrogens (tertiary/aromatic N) is 4. The Morgan fingerprint density at radius 3 is 2.68 bits per heavy atom. The number of urea groups is 1. The Morgan fingerprint density at radius 1 is 1.15 bits per heavy atom. The fourth-order valence-corrected chi connectivity index (χ4v) is 6.47. The van der Waals surface area contributed by atoms with Crippen molar-refractivity contribution in [1.82, 2.24) is 14.9 Å². The van der Waals surface area contributed by atoms with Crippen molar-refractivity contribution in [3.63, 3.8) is 0 Å². The Kier molecular flexibility index (Phi) is 6.47. The standard InChI is InChI=1S/C27H35N5OS/c1-5-6-23-29-25(24-21-10-7-17(2)15-22(21)34-26(24)30-23)31-11-13-32(14-12-31)27(33)28-20-9-8-18(3)19(4)16-20/h8-9,16-17H,5-7,10-15H2,1-4H3,(H,28,33)/t17-/m0/s1. The molecule has 0 unspecified atom stereocenters. The van der Waals surface area contributed by atoms with Crippen LogP contribution in [0.3, 0.4) is 0 Å². The Labute approximate surface area is 206 Å². The van der Waals surface area contributed by atoms with E-state index in [0.29, 0.717) is 13.1 Å². The van der Waals surface area contributed by atoms with Crippen LogP contribution in [0.2, 0.25) is 0 Å². The summed E-state index contributed by atoms with van der Waals surface area (Å²) in [7, 11) is 0. The van der Waals surface area contributed by atoms with E-state index in [-0.39, 0.29) is 6.03 Å². The van der Waals surface area contributed by atoms with E-state index in [1.165, 1.54) is 33.4 Å². The lowest BCUT2D eigenvalue weighted by Gasteiger charge is -2.36. The van der Waals surface area contributed by atoms with Crippen LogP contribution in [-0.2, 0) is 19.3 Å². The van der Waals surface area contributed by atoms with Gasteiger partial charge in [0.2, 0.25) is 0 Å². The predicted octanol–water partition coefficient (Wildman–Crippen LogP) is 5.74. The molecule has 3 aromatic rings. The zero-order valence-corrected chi connectivity index (χ0v) is 21.6. The largest absolute Gasteiger partial charge is 0.352 e. The molecule has 1 fully saturated rings. The number of piperazine rings is 1. The quantitative estimate of drug-likeness (QED) is 0.521. The number of hydrogen-bond donors (Lipinski definition) is 1. The number of carbonyl (C=O) groups excluding carboxylic acids is 1. The fraction of sp³-hybridized carbons (Fsp3) is 0.519. The van der Waals surface area contributed by atoms with Crippen molar-refractivity contribution in [3.8, 4) is 0 Å². The molecule has 2 aliphatic rings. The number of aryl methyl sites for hydroxylation is 4. The lowest BCUT2D eigenvalue weighted by atomic mass is 9.89. The van der Waals surface area contributed by atoms with Gasteiger partial charge >= 0.3 is 6.03 Å². The summed E-state index contributed by atoms with van der Waals surface area (Å²) in [5.74, 6) is 2.78. The third-order valence-corrected chi connectivity index (χ3v) is 8.43. The number of hydrogen-bond acceptors (Lipinski definition) is 5. The van der Waals surface area contributed by atoms with E-state index >= 15 is 0 Å². The number of thiophene rings is 1. The number of fused-ring (bicyclic) bond motifs is 3. The van der Waals surface area contributed by atoms with Crippen molar-refractivity contribution in [3.05, 3.63) is 45.6 Å². The van der Waals surface area contributed by atoms with Gasteiger partial charge in [0.15, 0.2) is 0 Å². The number of rotatable bonds is 4. The van der Waals surface area contributed by atoms with Crippen molar-refractivity contribution in [2.75, 3.05) is 36.4 Å². The molecule has 6 nitrogen and oxygen atoms in total. The molecule has 1 aliphatic heterocycles. The van der Waals surface area contributed by atoms with Crippen LogP contribution in [0.5, 0.6) is 0 Å². The lowest BCUT2D eigenvalue weighted by Crippen LogP contribution is -2.50. The van der Waals surface area contributed by atoms with Crippen LogP contribution >= 0.6 is 11.3 Å². The molecule has 0 bridgehead atoms. The van der Waals surface area contributed by atoms with Gasteiger partial charge in [-0.1, -0.05) is 19.9 Å². The maximum absolute atomic E-state index is 12.9. The second-order valence-corrected chi connectivity index (χ2v) is 11.0. The van der Waals surface area contributed by atoms with Crippen molar-refractivity contribution in [2.45, 2.75) is 59.8 Å². The molecule has 7 heteroatoms. The highest BCUT2D eigenvalue weighted by atomic mass is 32.1. The number of anilines is 2. The van der Waals surface area contributed by atoms with E-state index in [0.717, 1.165) is 66.9 Å². The zero-order valence-electron chi connectivity index (χ0n) is 20.8. The van der Waals surface area contributed by atoms with Crippen LogP contribution in [0.25, 0.3) is 10.2 Å². The van der Waals surface area contributed by atoms with Gasteiger partial charge in [0, 0.05) is 43.2 Å². The van der Waals surface area contributed by atoms with Crippen LogP contribution in [0.1, 0.15) is 54.1 Å². The summed E-state index contributed by atoms with van der Waals surface area (Å²) < 4.78 is 0. The number of carbonyl (C=O) groups is 1. The Hall–Kier alpha value is -2.67. The lowest BCUT2D eigenvalue weighted by molar-refractivity contribution is 0.208. The first kappa shape index (κ1) is 23.1. The first-order valence-electron chi connectivity index (χ1n) is 12.6. The molecule has 2 aromatic heterocycles. The SMILES string of the molecule is CCCc1nc(N2CCN(C(=O)Nc3ccc(C)c(C)c3)CC2)c2c3c(sc2n1)C[C@@H](C)CC3. The molecule has 2 amide bonds. The first-order chi connectivity index (χ1) is 16.4. The molecule has 1 atom stereocenters. The smallest absolute Gasteiger partial charge is 0.321 e. The van der Waals surface area contributed by atoms with Crippen LogP contribution in [-0.4, -0.2) is 47.1 Å². The third kappa shape index (κ3) is 4.50. The number of nitrogens with one attached hydrogen (secondary N) is 1. The minimum Gasteiger partial charge on any atom is -0.352 e. The summed E-state index contributed by atoms with van der Waals surface area (Å²) in [6, 6.07) is 6.05. The van der Waals surface area contributed by atoms with Gasteiger partial charge in [-0.05, 0) is 74.3 Å². The molecule has 0 radical (unpaired) electrons. The average molecular weight is 478 g/mol. The van der Waals surface area contributed by atoms with Gasteiger partial charge in [-0.25, -0.2) is 14.8 Å². The topological polar surface area (TPSA) is 61.4 Å². The Morgan fingerprint density at radius 2 is 1.94 bits per heavy atom.